The molecule has 0 rings (SSSR count). The normalized spacial score (nSPS) is 14.5. The molecule has 0 radical (unpaired) electrons. The fourth-order valence-corrected chi connectivity index (χ4v) is 2.51. The summed E-state index contributed by atoms with van der Waals surface area (Å²) >= 11 is 0. The van der Waals surface area contributed by atoms with Gasteiger partial charge in [0.2, 0.25) is 0 Å². The van der Waals surface area contributed by atoms with Crippen molar-refractivity contribution < 1.29 is 76.1 Å². The number of allylic oxidation sites excluding steroid dienone is 1. The highest BCUT2D eigenvalue weighted by Crippen LogP contribution is 2.61. The first-order valence-electron chi connectivity index (χ1n) is 9.76. The lowest BCUT2D eigenvalue weighted by Gasteiger charge is -2.42. The number of ether oxygens (including phenoxy) is 2. The molecule has 0 atom stereocenters. The average molecular weight is 561 g/mol. The van der Waals surface area contributed by atoms with E-state index in [9.17, 15) is 66.7 Å². The predicted octanol–water partition coefficient (Wildman–Crippen LogP) is 5.45. The average Bonchev–Trinajstić information content (AvgIpc) is 2.72. The van der Waals surface area contributed by atoms with Crippen LogP contribution in [0.1, 0.15) is 27.2 Å². The van der Waals surface area contributed by atoms with Crippen LogP contribution in [0.5, 0.6) is 0 Å². The van der Waals surface area contributed by atoms with Gasteiger partial charge in [0.15, 0.2) is 0 Å². The summed E-state index contributed by atoms with van der Waals surface area (Å²) in [5, 5.41) is 0. The number of hydrogen-bond donors (Lipinski definition) is 0. The quantitative estimate of drug-likeness (QED) is 0.170. The van der Waals surface area contributed by atoms with Crippen molar-refractivity contribution >= 4 is 11.9 Å². The fraction of sp³-hybridized carbons (Fsp3) is 0.778. The topological polar surface area (TPSA) is 55.8 Å². The highest BCUT2D eigenvalue weighted by atomic mass is 19.4. The van der Waals surface area contributed by atoms with Gasteiger partial charge in [-0.05, 0) is 20.8 Å². The summed E-state index contributed by atoms with van der Waals surface area (Å²) in [4.78, 5) is 23.0. The van der Waals surface area contributed by atoms with E-state index in [1.165, 1.54) is 6.92 Å². The van der Waals surface area contributed by atoms with Crippen molar-refractivity contribution in [1.29, 1.82) is 0 Å². The van der Waals surface area contributed by atoms with Crippen LogP contribution in [0.4, 0.5) is 57.1 Å². The van der Waals surface area contributed by atoms with Crippen molar-refractivity contribution in [2.45, 2.75) is 63.0 Å². The van der Waals surface area contributed by atoms with Crippen molar-refractivity contribution in [2.75, 3.05) is 26.3 Å². The van der Waals surface area contributed by atoms with Crippen LogP contribution in [0.25, 0.3) is 0 Å². The van der Waals surface area contributed by atoms with E-state index in [1.54, 1.807) is 0 Å². The second-order valence-electron chi connectivity index (χ2n) is 6.79. The predicted molar refractivity (Wildman–Crippen MR) is 94.0 cm³/mol. The van der Waals surface area contributed by atoms with Gasteiger partial charge in [-0.25, -0.2) is 4.79 Å². The molecule has 0 aromatic rings. The SMILES string of the molecule is CCOC(=O)/C=C(/N(CC)CCC(=O)OCC)C(F)(F)C(F)(F)C(F)(F)C(F)(F)C(F)(F)C(F)(F)F. The number of carbonyl (C=O) groups excluding carboxylic acids is 2. The molecule has 0 saturated carbocycles. The minimum Gasteiger partial charge on any atom is -0.466 e. The Kier molecular flexibility index (Phi) is 10.5. The first-order chi connectivity index (χ1) is 16.0. The summed E-state index contributed by atoms with van der Waals surface area (Å²) in [5.41, 5.74) is -2.52. The molecule has 0 amide bonds. The Morgan fingerprint density at radius 1 is 0.694 bits per heavy atom. The van der Waals surface area contributed by atoms with Crippen LogP contribution in [0.3, 0.4) is 0 Å². The molecule has 0 N–H and O–H groups in total. The van der Waals surface area contributed by atoms with Gasteiger partial charge >= 0.3 is 47.7 Å². The monoisotopic (exact) mass is 561 g/mol. The smallest absolute Gasteiger partial charge is 0.460 e. The van der Waals surface area contributed by atoms with E-state index in [1.807, 2.05) is 0 Å². The van der Waals surface area contributed by atoms with Gasteiger partial charge < -0.3 is 14.4 Å². The molecule has 0 aromatic heterocycles. The zero-order valence-corrected chi connectivity index (χ0v) is 18.6. The van der Waals surface area contributed by atoms with Gasteiger partial charge in [-0.3, -0.25) is 4.79 Å². The Bertz CT molecular complexity index is 809. The second kappa shape index (κ2) is 11.3. The van der Waals surface area contributed by atoms with Gasteiger partial charge in [-0.2, -0.15) is 57.1 Å². The lowest BCUT2D eigenvalue weighted by molar-refractivity contribution is -0.437. The highest BCUT2D eigenvalue weighted by Gasteiger charge is 2.91. The minimum absolute atomic E-state index is 0.0716. The molecule has 18 heteroatoms. The molecule has 212 valence electrons. The van der Waals surface area contributed by atoms with Crippen LogP contribution in [-0.2, 0) is 19.1 Å². The fourth-order valence-electron chi connectivity index (χ4n) is 2.51. The number of hydrogen-bond acceptors (Lipinski definition) is 5. The molecule has 5 nitrogen and oxygen atoms in total. The number of alkyl halides is 13. The van der Waals surface area contributed by atoms with Gasteiger partial charge in [0.05, 0.1) is 25.3 Å². The zero-order chi connectivity index (χ0) is 29.0. The Morgan fingerprint density at radius 3 is 1.53 bits per heavy atom. The van der Waals surface area contributed by atoms with E-state index < -0.39 is 85.6 Å². The molecule has 0 bridgehead atoms. The third kappa shape index (κ3) is 6.10. The van der Waals surface area contributed by atoms with Crippen LogP contribution >= 0.6 is 0 Å². The van der Waals surface area contributed by atoms with E-state index in [2.05, 4.69) is 9.47 Å². The minimum atomic E-state index is -8.10. The largest absolute Gasteiger partial charge is 0.466 e. The molecule has 0 fully saturated rings. The third-order valence-electron chi connectivity index (χ3n) is 4.41. The lowest BCUT2D eigenvalue weighted by atomic mass is 9.92. The van der Waals surface area contributed by atoms with Crippen molar-refractivity contribution in [3.63, 3.8) is 0 Å². The van der Waals surface area contributed by atoms with Crippen molar-refractivity contribution in [1.82, 2.24) is 4.90 Å². The Balaban J connectivity index is 6.86. The Hall–Kier alpha value is -2.43. The maximum absolute atomic E-state index is 14.8. The van der Waals surface area contributed by atoms with Gasteiger partial charge in [-0.1, -0.05) is 0 Å². The third-order valence-corrected chi connectivity index (χ3v) is 4.41. The van der Waals surface area contributed by atoms with Crippen molar-refractivity contribution in [2.24, 2.45) is 0 Å². The second-order valence-corrected chi connectivity index (χ2v) is 6.79. The molecule has 0 spiro atoms. The van der Waals surface area contributed by atoms with Gasteiger partial charge in [0.25, 0.3) is 0 Å². The molecule has 0 aromatic carbocycles. The molecule has 0 heterocycles. The molecule has 0 aliphatic heterocycles. The van der Waals surface area contributed by atoms with Crippen LogP contribution in [0, 0.1) is 0 Å². The van der Waals surface area contributed by atoms with Crippen molar-refractivity contribution in [3.8, 4) is 0 Å². The van der Waals surface area contributed by atoms with Crippen LogP contribution < -0.4 is 0 Å². The number of halogens is 13. The van der Waals surface area contributed by atoms with Gasteiger partial charge in [-0.15, -0.1) is 0 Å². The number of rotatable bonds is 13. The lowest BCUT2D eigenvalue weighted by Crippen LogP contribution is -2.70. The summed E-state index contributed by atoms with van der Waals surface area (Å²) in [6, 6.07) is 0. The molecule has 0 aliphatic carbocycles. The van der Waals surface area contributed by atoms with Crippen LogP contribution in [0.2, 0.25) is 0 Å². The molecule has 36 heavy (non-hydrogen) atoms. The van der Waals surface area contributed by atoms with E-state index in [-0.39, 0.29) is 11.5 Å². The van der Waals surface area contributed by atoms with Crippen LogP contribution in [0.15, 0.2) is 11.8 Å². The molecular weight excluding hydrogens is 541 g/mol. The van der Waals surface area contributed by atoms with E-state index in [0.717, 1.165) is 13.8 Å². The van der Waals surface area contributed by atoms with E-state index >= 15 is 0 Å². The molecular formula is C18H20F13NO4. The number of esters is 2. The summed E-state index contributed by atoms with van der Waals surface area (Å²) < 4.78 is 185. The first kappa shape index (κ1) is 33.6. The molecule has 0 aliphatic rings. The highest BCUT2D eigenvalue weighted by molar-refractivity contribution is 5.83. The molecule has 0 saturated heterocycles. The van der Waals surface area contributed by atoms with Gasteiger partial charge in [0, 0.05) is 19.2 Å². The zero-order valence-electron chi connectivity index (χ0n) is 18.6. The summed E-state index contributed by atoms with van der Waals surface area (Å²) in [6.45, 7) is 0.400. The molecule has 0 unspecified atom stereocenters. The maximum Gasteiger partial charge on any atom is 0.460 e. The number of carbonyl (C=O) groups is 2. The Labute approximate surface area is 195 Å². The standard InChI is InChI=1S/C18H20F13NO4/c1-4-32(8-7-11(33)35-5-2)10(9-12(34)36-6-3)13(19,20)14(21,22)15(23,24)16(25,26)17(27,28)18(29,30)31/h9H,4-8H2,1-3H3/b10-9+. The summed E-state index contributed by atoms with van der Waals surface area (Å²) in [7, 11) is 0. The maximum atomic E-state index is 14.8. The van der Waals surface area contributed by atoms with Crippen molar-refractivity contribution in [3.05, 3.63) is 11.8 Å². The Morgan fingerprint density at radius 2 is 1.14 bits per heavy atom. The first-order valence-corrected chi connectivity index (χ1v) is 9.76. The van der Waals surface area contributed by atoms with E-state index in [4.69, 9.17) is 0 Å². The number of nitrogens with zero attached hydrogens (tertiary/aromatic N) is 1. The van der Waals surface area contributed by atoms with Crippen LogP contribution in [-0.4, -0.2) is 78.9 Å². The van der Waals surface area contributed by atoms with E-state index in [0.29, 0.717) is 0 Å². The van der Waals surface area contributed by atoms with Gasteiger partial charge in [0.1, 0.15) is 0 Å². The summed E-state index contributed by atoms with van der Waals surface area (Å²) in [5.74, 6) is -41.5. The summed E-state index contributed by atoms with van der Waals surface area (Å²) in [6.07, 6.45) is -9.03.